The molecular formula is C14H19N3O2S. The maximum absolute atomic E-state index is 5.67. The molecule has 1 aromatic rings. The van der Waals surface area contributed by atoms with Crippen molar-refractivity contribution in [2.45, 2.75) is 32.1 Å². The van der Waals surface area contributed by atoms with Gasteiger partial charge in [-0.1, -0.05) is 0 Å². The van der Waals surface area contributed by atoms with Gasteiger partial charge in [-0.2, -0.15) is 5.43 Å². The zero-order chi connectivity index (χ0) is 13.6. The summed E-state index contributed by atoms with van der Waals surface area (Å²) >= 11 is 1.89. The van der Waals surface area contributed by atoms with E-state index in [9.17, 15) is 0 Å². The van der Waals surface area contributed by atoms with E-state index in [1.165, 1.54) is 40.3 Å². The number of aliphatic imine (C=N–C) groups is 1. The molecule has 1 saturated heterocycles. The first-order valence-corrected chi connectivity index (χ1v) is 8.04. The maximum Gasteiger partial charge on any atom is 0.241 e. The molecular weight excluding hydrogens is 274 g/mol. The second-order valence-corrected chi connectivity index (χ2v) is 6.60. The summed E-state index contributed by atoms with van der Waals surface area (Å²) in [6, 6.07) is 0. The fourth-order valence-corrected chi connectivity index (χ4v) is 4.44. The third kappa shape index (κ3) is 2.07. The van der Waals surface area contributed by atoms with E-state index in [2.05, 4.69) is 21.6 Å². The van der Waals surface area contributed by atoms with Gasteiger partial charge in [-0.3, -0.25) is 10.0 Å². The number of hydrogen-bond acceptors (Lipinski definition) is 6. The Bertz CT molecular complexity index is 549. The molecule has 1 aliphatic carbocycles. The van der Waals surface area contributed by atoms with E-state index in [1.54, 1.807) is 0 Å². The second-order valence-electron chi connectivity index (χ2n) is 5.52. The van der Waals surface area contributed by atoms with Gasteiger partial charge < -0.3 is 9.47 Å². The number of ether oxygens (including phenoxy) is 2. The predicted octanol–water partition coefficient (Wildman–Crippen LogP) is 1.70. The summed E-state index contributed by atoms with van der Waals surface area (Å²) in [5, 5.41) is 3.42. The van der Waals surface area contributed by atoms with Gasteiger partial charge in [0.15, 0.2) is 0 Å². The van der Waals surface area contributed by atoms with Crippen molar-refractivity contribution in [1.82, 2.24) is 5.43 Å². The van der Waals surface area contributed by atoms with E-state index in [0.29, 0.717) is 13.2 Å². The summed E-state index contributed by atoms with van der Waals surface area (Å²) in [5.74, 6) is -0.712. The van der Waals surface area contributed by atoms with Crippen molar-refractivity contribution in [3.8, 4) is 0 Å². The normalized spacial score (nSPS) is 23.8. The highest BCUT2D eigenvalue weighted by Crippen LogP contribution is 2.40. The average molecular weight is 293 g/mol. The summed E-state index contributed by atoms with van der Waals surface area (Å²) < 4.78 is 11.3. The number of aryl methyl sites for hydroxylation is 1. The molecule has 0 bridgehead atoms. The van der Waals surface area contributed by atoms with Crippen LogP contribution in [0.3, 0.4) is 0 Å². The molecule has 0 atom stereocenters. The first kappa shape index (κ1) is 12.8. The van der Waals surface area contributed by atoms with Crippen molar-refractivity contribution in [2.75, 3.05) is 31.3 Å². The largest absolute Gasteiger partial charge is 0.334 e. The minimum atomic E-state index is -0.712. The Balaban J connectivity index is 1.66. The molecule has 1 fully saturated rings. The number of rotatable bonds is 2. The Hall–Kier alpha value is -0.950. The first-order chi connectivity index (χ1) is 9.75. The molecule has 0 amide bonds. The van der Waals surface area contributed by atoms with E-state index in [0.717, 1.165) is 13.1 Å². The van der Waals surface area contributed by atoms with E-state index in [-0.39, 0.29) is 0 Å². The standard InChI is InChI=1S/C14H19N3O2S/c1-14(18-7-8-19-14)16-17-6-5-15-9-11-10-3-2-4-12(10)20-13(11)17/h9,16H,2-8H2,1H3. The maximum atomic E-state index is 5.67. The smallest absolute Gasteiger partial charge is 0.241 e. The van der Waals surface area contributed by atoms with E-state index in [1.807, 2.05) is 18.3 Å². The van der Waals surface area contributed by atoms with Gasteiger partial charge in [0.2, 0.25) is 5.91 Å². The fraction of sp³-hybridized carbons (Fsp3) is 0.643. The van der Waals surface area contributed by atoms with Crippen LogP contribution < -0.4 is 10.4 Å². The van der Waals surface area contributed by atoms with Gasteiger partial charge in [0.25, 0.3) is 0 Å². The highest BCUT2D eigenvalue weighted by atomic mass is 32.1. The molecule has 1 aromatic heterocycles. The van der Waals surface area contributed by atoms with Gasteiger partial charge in [-0.05, 0) is 24.8 Å². The number of nitrogens with one attached hydrogen (secondary N) is 1. The Morgan fingerprint density at radius 2 is 2.20 bits per heavy atom. The van der Waals surface area contributed by atoms with Gasteiger partial charge >= 0.3 is 0 Å². The predicted molar refractivity (Wildman–Crippen MR) is 79.6 cm³/mol. The van der Waals surface area contributed by atoms with Crippen molar-refractivity contribution in [2.24, 2.45) is 4.99 Å². The molecule has 5 nitrogen and oxygen atoms in total. The van der Waals surface area contributed by atoms with Crippen LogP contribution in [0.1, 0.15) is 29.3 Å². The summed E-state index contributed by atoms with van der Waals surface area (Å²) in [6.07, 6.45) is 5.72. The Morgan fingerprint density at radius 1 is 1.35 bits per heavy atom. The third-order valence-electron chi connectivity index (χ3n) is 4.04. The van der Waals surface area contributed by atoms with Crippen LogP contribution >= 0.6 is 11.3 Å². The first-order valence-electron chi connectivity index (χ1n) is 7.23. The monoisotopic (exact) mass is 293 g/mol. The number of anilines is 1. The minimum absolute atomic E-state index is 0.641. The zero-order valence-corrected chi connectivity index (χ0v) is 12.5. The van der Waals surface area contributed by atoms with Crippen LogP contribution in [0.5, 0.6) is 0 Å². The zero-order valence-electron chi connectivity index (χ0n) is 11.6. The average Bonchev–Trinajstić information content (AvgIpc) is 3.08. The summed E-state index contributed by atoms with van der Waals surface area (Å²) in [6.45, 7) is 4.85. The second kappa shape index (κ2) is 4.80. The molecule has 0 aromatic carbocycles. The number of hydrazine groups is 1. The van der Waals surface area contributed by atoms with E-state index < -0.39 is 5.91 Å². The molecule has 108 valence electrons. The van der Waals surface area contributed by atoms with Gasteiger partial charge in [0.1, 0.15) is 5.00 Å². The summed E-state index contributed by atoms with van der Waals surface area (Å²) in [7, 11) is 0. The number of fused-ring (bicyclic) bond motifs is 3. The van der Waals surface area contributed by atoms with Crippen molar-refractivity contribution >= 4 is 22.6 Å². The Kier molecular flexibility index (Phi) is 3.07. The van der Waals surface area contributed by atoms with Crippen molar-refractivity contribution in [3.63, 3.8) is 0 Å². The van der Waals surface area contributed by atoms with Gasteiger partial charge in [-0.25, -0.2) is 0 Å². The van der Waals surface area contributed by atoms with Crippen LogP contribution in [0, 0.1) is 0 Å². The lowest BCUT2D eigenvalue weighted by molar-refractivity contribution is -0.167. The molecule has 3 heterocycles. The highest BCUT2D eigenvalue weighted by Gasteiger charge is 2.35. The highest BCUT2D eigenvalue weighted by molar-refractivity contribution is 7.16. The third-order valence-corrected chi connectivity index (χ3v) is 5.37. The van der Waals surface area contributed by atoms with Crippen molar-refractivity contribution in [1.29, 1.82) is 0 Å². The number of nitrogens with zero attached hydrogens (tertiary/aromatic N) is 2. The molecule has 3 aliphatic rings. The quantitative estimate of drug-likeness (QED) is 0.901. The van der Waals surface area contributed by atoms with Gasteiger partial charge in [0.05, 0.1) is 26.3 Å². The van der Waals surface area contributed by atoms with Crippen LogP contribution in [-0.2, 0) is 22.3 Å². The lowest BCUT2D eigenvalue weighted by Crippen LogP contribution is -2.54. The lowest BCUT2D eigenvalue weighted by atomic mass is 10.1. The molecule has 1 N–H and O–H groups in total. The van der Waals surface area contributed by atoms with Gasteiger partial charge in [-0.15, -0.1) is 11.3 Å². The SMILES string of the molecule is CC1(NN2CCN=Cc3c2sc2c3CCC2)OCCO1. The molecule has 0 unspecified atom stereocenters. The van der Waals surface area contributed by atoms with Crippen LogP contribution in [0.4, 0.5) is 5.00 Å². The number of thiophene rings is 1. The molecule has 0 radical (unpaired) electrons. The topological polar surface area (TPSA) is 46.1 Å². The van der Waals surface area contributed by atoms with Crippen LogP contribution in [-0.4, -0.2) is 38.4 Å². The lowest BCUT2D eigenvalue weighted by Gasteiger charge is -2.32. The molecule has 6 heteroatoms. The molecule has 0 saturated carbocycles. The number of hydrogen-bond donors (Lipinski definition) is 1. The van der Waals surface area contributed by atoms with Crippen LogP contribution in [0.25, 0.3) is 0 Å². The molecule has 2 aliphatic heterocycles. The molecule has 20 heavy (non-hydrogen) atoms. The fourth-order valence-electron chi connectivity index (χ4n) is 3.09. The minimum Gasteiger partial charge on any atom is -0.334 e. The Labute approximate surface area is 122 Å². The van der Waals surface area contributed by atoms with Crippen molar-refractivity contribution in [3.05, 3.63) is 16.0 Å². The van der Waals surface area contributed by atoms with E-state index in [4.69, 9.17) is 9.47 Å². The van der Waals surface area contributed by atoms with Crippen LogP contribution in [0.2, 0.25) is 0 Å². The summed E-state index contributed by atoms with van der Waals surface area (Å²) in [5.41, 5.74) is 6.20. The van der Waals surface area contributed by atoms with Crippen LogP contribution in [0.15, 0.2) is 4.99 Å². The van der Waals surface area contributed by atoms with Crippen molar-refractivity contribution < 1.29 is 9.47 Å². The van der Waals surface area contributed by atoms with Gasteiger partial charge in [0, 0.05) is 23.6 Å². The molecule has 4 rings (SSSR count). The molecule has 0 spiro atoms. The van der Waals surface area contributed by atoms with E-state index >= 15 is 0 Å². The summed E-state index contributed by atoms with van der Waals surface area (Å²) in [4.78, 5) is 6.05. The Morgan fingerprint density at radius 3 is 3.05 bits per heavy atom.